The van der Waals surface area contributed by atoms with E-state index in [2.05, 4.69) is 42.5 Å². The van der Waals surface area contributed by atoms with E-state index in [1.54, 1.807) is 12.1 Å². The van der Waals surface area contributed by atoms with Crippen molar-refractivity contribution in [3.8, 4) is 6.07 Å². The quantitative estimate of drug-likeness (QED) is 0.374. The van der Waals surface area contributed by atoms with E-state index in [1.807, 2.05) is 61.5 Å². The molecule has 4 aromatic carbocycles. The lowest BCUT2D eigenvalue weighted by atomic mass is 9.79. The van der Waals surface area contributed by atoms with Crippen molar-refractivity contribution in [2.75, 3.05) is 0 Å². The highest BCUT2D eigenvalue weighted by atomic mass is 28.3. The average molecular weight is 419 g/mol. The van der Waals surface area contributed by atoms with Crippen molar-refractivity contribution in [3.05, 3.63) is 114 Å². The van der Waals surface area contributed by atoms with E-state index >= 15 is 0 Å². The number of rotatable bonds is 5. The molecular weight excluding hydrogens is 397 g/mol. The van der Waals surface area contributed by atoms with Crippen molar-refractivity contribution >= 4 is 41.4 Å². The van der Waals surface area contributed by atoms with Gasteiger partial charge in [0.2, 0.25) is 0 Å². The van der Waals surface area contributed by atoms with Crippen LogP contribution >= 0.6 is 0 Å². The van der Waals surface area contributed by atoms with Gasteiger partial charge in [-0.3, -0.25) is 0 Å². The van der Waals surface area contributed by atoms with Crippen LogP contribution in [0.15, 0.2) is 103 Å². The summed E-state index contributed by atoms with van der Waals surface area (Å²) in [6.07, 6.45) is 0. The maximum atomic E-state index is 10.4. The molecule has 4 rings (SSSR count). The van der Waals surface area contributed by atoms with Crippen LogP contribution in [0.4, 0.5) is 0 Å². The first-order valence-corrected chi connectivity index (χ1v) is 12.2. The number of hydrogen-bond donors (Lipinski definition) is 2. The third kappa shape index (κ3) is 3.51. The van der Waals surface area contributed by atoms with E-state index in [4.69, 9.17) is 0 Å². The molecule has 0 radical (unpaired) electrons. The molecule has 2 N–H and O–H groups in total. The van der Waals surface area contributed by atoms with Gasteiger partial charge in [0.25, 0.3) is 0 Å². The van der Waals surface area contributed by atoms with Gasteiger partial charge >= 0.3 is 7.12 Å². The highest BCUT2D eigenvalue weighted by molar-refractivity contribution is 7.21. The second kappa shape index (κ2) is 8.75. The molecular formula is C26H22BNO2Si. The van der Waals surface area contributed by atoms with Crippen molar-refractivity contribution in [2.24, 2.45) is 0 Å². The normalized spacial score (nSPS) is 11.0. The zero-order valence-electron chi connectivity index (χ0n) is 17.2. The van der Waals surface area contributed by atoms with E-state index < -0.39 is 15.2 Å². The summed E-state index contributed by atoms with van der Waals surface area (Å²) in [7, 11) is -4.62. The molecule has 0 saturated carbocycles. The molecule has 0 fully saturated rings. The van der Waals surface area contributed by atoms with E-state index in [1.165, 1.54) is 0 Å². The van der Waals surface area contributed by atoms with Crippen LogP contribution in [0.25, 0.3) is 0 Å². The van der Waals surface area contributed by atoms with Gasteiger partial charge in [-0.1, -0.05) is 97.1 Å². The Morgan fingerprint density at radius 3 is 1.45 bits per heavy atom. The fraction of sp³-hybridized carbons (Fsp3) is 0.0385. The van der Waals surface area contributed by atoms with Crippen LogP contribution in [0.1, 0.15) is 11.1 Å². The Kier molecular flexibility index (Phi) is 5.88. The van der Waals surface area contributed by atoms with Crippen molar-refractivity contribution in [3.63, 3.8) is 0 Å². The first-order valence-electron chi connectivity index (χ1n) is 10.2. The largest absolute Gasteiger partial charge is 0.488 e. The topological polar surface area (TPSA) is 64.2 Å². The summed E-state index contributed by atoms with van der Waals surface area (Å²) in [5.74, 6) is 0. The summed E-state index contributed by atoms with van der Waals surface area (Å²) in [4.78, 5) is 0. The Morgan fingerprint density at radius 1 is 0.677 bits per heavy atom. The highest BCUT2D eigenvalue weighted by Crippen LogP contribution is 2.13. The number of hydrogen-bond acceptors (Lipinski definition) is 3. The van der Waals surface area contributed by atoms with Crippen LogP contribution in [0.5, 0.6) is 0 Å². The zero-order chi connectivity index (χ0) is 21.8. The molecule has 0 atom stereocenters. The number of nitriles is 1. The summed E-state index contributed by atoms with van der Waals surface area (Å²) >= 11 is 0. The molecule has 0 aromatic heterocycles. The smallest absolute Gasteiger partial charge is 0.423 e. The standard InChI is InChI=1S/C26H22BNO2Si/c1-20-21(19-28)17-18-25(27(29)30)26(20)31(22-11-5-2-6-12-22,23-13-7-3-8-14-23)24-15-9-4-10-16-24/h2-18,29-30H,1H3. The van der Waals surface area contributed by atoms with Crippen molar-refractivity contribution in [2.45, 2.75) is 6.92 Å². The van der Waals surface area contributed by atoms with Gasteiger partial charge in [-0.15, -0.1) is 0 Å². The lowest BCUT2D eigenvalue weighted by Crippen LogP contribution is -2.79. The van der Waals surface area contributed by atoms with Gasteiger partial charge in [0.1, 0.15) is 0 Å². The lowest BCUT2D eigenvalue weighted by Gasteiger charge is -2.37. The third-order valence-corrected chi connectivity index (χ3v) is 10.9. The minimum absolute atomic E-state index is 0.444. The molecule has 0 spiro atoms. The molecule has 5 heteroatoms. The van der Waals surface area contributed by atoms with Crippen molar-refractivity contribution in [1.82, 2.24) is 0 Å². The summed E-state index contributed by atoms with van der Waals surface area (Å²) in [6, 6.07) is 36.3. The first-order chi connectivity index (χ1) is 15.1. The van der Waals surface area contributed by atoms with Gasteiger partial charge in [0.05, 0.1) is 11.6 Å². The summed E-state index contributed by atoms with van der Waals surface area (Å²) in [5, 5.41) is 34.8. The third-order valence-electron chi connectivity index (χ3n) is 5.89. The number of nitrogens with zero attached hydrogens (tertiary/aromatic N) is 1. The molecule has 31 heavy (non-hydrogen) atoms. The van der Waals surface area contributed by atoms with Crippen LogP contribution < -0.4 is 26.2 Å². The lowest BCUT2D eigenvalue weighted by molar-refractivity contribution is 0.426. The minimum Gasteiger partial charge on any atom is -0.423 e. The summed E-state index contributed by atoms with van der Waals surface area (Å²) < 4.78 is 0. The molecule has 0 unspecified atom stereocenters. The van der Waals surface area contributed by atoms with Crippen LogP contribution in [0.3, 0.4) is 0 Å². The van der Waals surface area contributed by atoms with Crippen molar-refractivity contribution in [1.29, 1.82) is 5.26 Å². The Hall–Kier alpha value is -3.43. The molecule has 0 heterocycles. The molecule has 0 aliphatic heterocycles. The van der Waals surface area contributed by atoms with Crippen molar-refractivity contribution < 1.29 is 10.0 Å². The molecule has 0 saturated heterocycles. The summed E-state index contributed by atoms with van der Waals surface area (Å²) in [5.41, 5.74) is 1.77. The molecule has 0 aliphatic carbocycles. The minimum atomic E-state index is -2.97. The SMILES string of the molecule is Cc1c(C#N)ccc(B(O)O)c1[Si](c1ccccc1)(c1ccccc1)c1ccccc1. The van der Waals surface area contributed by atoms with Gasteiger partial charge in [-0.25, -0.2) is 0 Å². The Balaban J connectivity index is 2.27. The van der Waals surface area contributed by atoms with E-state index in [0.717, 1.165) is 26.3 Å². The number of benzene rings is 4. The maximum Gasteiger partial charge on any atom is 0.488 e. The average Bonchev–Trinajstić information content (AvgIpc) is 2.82. The maximum absolute atomic E-state index is 10.4. The second-order valence-corrected chi connectivity index (χ2v) is 11.3. The molecule has 150 valence electrons. The fourth-order valence-electron chi connectivity index (χ4n) is 4.56. The molecule has 3 nitrogen and oxygen atoms in total. The van der Waals surface area contributed by atoms with Crippen LogP contribution in [-0.2, 0) is 0 Å². The molecule has 0 amide bonds. The Morgan fingerprint density at radius 2 is 1.10 bits per heavy atom. The van der Waals surface area contributed by atoms with E-state index in [0.29, 0.717) is 11.0 Å². The van der Waals surface area contributed by atoms with E-state index in [9.17, 15) is 15.3 Å². The highest BCUT2D eigenvalue weighted by Gasteiger charge is 2.45. The molecule has 0 aliphatic rings. The van der Waals surface area contributed by atoms with Gasteiger partial charge in [-0.2, -0.15) is 5.26 Å². The van der Waals surface area contributed by atoms with Gasteiger partial charge in [0, 0.05) is 0 Å². The van der Waals surface area contributed by atoms with E-state index in [-0.39, 0.29) is 0 Å². The second-order valence-electron chi connectivity index (χ2n) is 7.54. The monoisotopic (exact) mass is 419 g/mol. The predicted molar refractivity (Wildman–Crippen MR) is 129 cm³/mol. The molecule has 0 bridgehead atoms. The first kappa shape index (κ1) is 20.8. The van der Waals surface area contributed by atoms with Gasteiger partial charge in [-0.05, 0) is 44.8 Å². The Bertz CT molecular complexity index is 1130. The van der Waals surface area contributed by atoms with Gasteiger partial charge < -0.3 is 10.0 Å². The molecule has 4 aromatic rings. The zero-order valence-corrected chi connectivity index (χ0v) is 18.2. The Labute approximate surface area is 184 Å². The van der Waals surface area contributed by atoms with Crippen LogP contribution in [0.2, 0.25) is 0 Å². The fourth-order valence-corrected chi connectivity index (χ4v) is 9.85. The van der Waals surface area contributed by atoms with Gasteiger partial charge in [0.15, 0.2) is 8.07 Å². The van der Waals surface area contributed by atoms with Crippen LogP contribution in [0, 0.1) is 18.3 Å². The predicted octanol–water partition coefficient (Wildman–Crippen LogP) is 0.924. The summed E-state index contributed by atoms with van der Waals surface area (Å²) in [6.45, 7) is 1.91. The van der Waals surface area contributed by atoms with Crippen LogP contribution in [-0.4, -0.2) is 25.2 Å².